The summed E-state index contributed by atoms with van der Waals surface area (Å²) in [5, 5.41) is 21.0. The van der Waals surface area contributed by atoms with E-state index in [-0.39, 0.29) is 12.4 Å². The van der Waals surface area contributed by atoms with Crippen LogP contribution in [0.3, 0.4) is 0 Å². The van der Waals surface area contributed by atoms with Gasteiger partial charge in [-0.15, -0.1) is 0 Å². The summed E-state index contributed by atoms with van der Waals surface area (Å²) in [4.78, 5) is 0. The topological polar surface area (TPSA) is 68.2 Å². The zero-order chi connectivity index (χ0) is 18.5. The number of methoxy groups -OCH3 is 1. The molecule has 2 aliphatic heterocycles. The third kappa shape index (κ3) is 2.51. The maximum Gasteiger partial charge on any atom is 0.168 e. The molecule has 0 aliphatic carbocycles. The normalized spacial score (nSPS) is 22.4. The van der Waals surface area contributed by atoms with E-state index in [1.807, 2.05) is 12.1 Å². The third-order valence-electron chi connectivity index (χ3n) is 4.98. The van der Waals surface area contributed by atoms with Gasteiger partial charge in [0, 0.05) is 23.3 Å². The molecule has 2 heterocycles. The number of aliphatic hydroxyl groups is 1. The highest BCUT2D eigenvalue weighted by Crippen LogP contribution is 2.54. The van der Waals surface area contributed by atoms with E-state index in [9.17, 15) is 10.2 Å². The molecule has 0 bridgehead atoms. The summed E-state index contributed by atoms with van der Waals surface area (Å²) in [6, 6.07) is 8.60. The van der Waals surface area contributed by atoms with E-state index in [1.165, 1.54) is 11.6 Å². The summed E-state index contributed by atoms with van der Waals surface area (Å²) in [6.45, 7) is 4.19. The van der Waals surface area contributed by atoms with E-state index >= 15 is 0 Å². The number of phenols is 1. The first-order valence-electron chi connectivity index (χ1n) is 8.62. The number of benzene rings is 2. The van der Waals surface area contributed by atoms with Gasteiger partial charge in [-0.1, -0.05) is 11.6 Å². The Hall–Kier alpha value is -2.66. The summed E-state index contributed by atoms with van der Waals surface area (Å²) >= 11 is 0. The molecule has 0 spiro atoms. The van der Waals surface area contributed by atoms with E-state index in [4.69, 9.17) is 14.2 Å². The zero-order valence-corrected chi connectivity index (χ0v) is 15.1. The van der Waals surface area contributed by atoms with Crippen molar-refractivity contribution in [1.82, 2.24) is 0 Å². The standard InChI is InChI=1S/C21H22O5/c1-12(2)4-5-13-8-15-18(10-17(13)24-3)25-11-21(23)16-7-6-14(22)9-19(16)26-20(15)21/h4,6-10,20,22-23H,5,11H2,1-3H3/t20-,21-/m0/s1. The minimum absolute atomic E-state index is 0.0823. The van der Waals surface area contributed by atoms with Crippen LogP contribution in [0.4, 0.5) is 0 Å². The Morgan fingerprint density at radius 1 is 1.27 bits per heavy atom. The molecule has 0 saturated carbocycles. The number of aromatic hydroxyl groups is 1. The predicted octanol–water partition coefficient (Wildman–Crippen LogP) is 3.62. The Labute approximate surface area is 152 Å². The Morgan fingerprint density at radius 3 is 2.81 bits per heavy atom. The first kappa shape index (κ1) is 16.8. The third-order valence-corrected chi connectivity index (χ3v) is 4.98. The number of ether oxygens (including phenoxy) is 3. The smallest absolute Gasteiger partial charge is 0.168 e. The first-order chi connectivity index (χ1) is 12.4. The minimum atomic E-state index is -1.28. The summed E-state index contributed by atoms with van der Waals surface area (Å²) in [6.07, 6.45) is 2.26. The number of hydrogen-bond donors (Lipinski definition) is 2. The lowest BCUT2D eigenvalue weighted by Gasteiger charge is -2.35. The van der Waals surface area contributed by atoms with Gasteiger partial charge in [-0.2, -0.15) is 0 Å². The molecule has 2 atom stereocenters. The molecule has 0 aromatic heterocycles. The van der Waals surface area contributed by atoms with Crippen molar-refractivity contribution in [2.24, 2.45) is 0 Å². The van der Waals surface area contributed by atoms with Crippen LogP contribution in [-0.4, -0.2) is 23.9 Å². The van der Waals surface area contributed by atoms with Gasteiger partial charge < -0.3 is 24.4 Å². The SMILES string of the molecule is COc1cc2c(cc1CC=C(C)C)[C@@H]1Oc3cc(O)ccc3[C@@]1(O)CO2. The summed E-state index contributed by atoms with van der Waals surface area (Å²) in [5.74, 6) is 1.98. The second-order valence-corrected chi connectivity index (χ2v) is 7.08. The van der Waals surface area contributed by atoms with Crippen LogP contribution in [0.5, 0.6) is 23.0 Å². The number of allylic oxidation sites excluding steroid dienone is 2. The van der Waals surface area contributed by atoms with Gasteiger partial charge in [-0.05, 0) is 44.0 Å². The van der Waals surface area contributed by atoms with Gasteiger partial charge in [-0.25, -0.2) is 0 Å². The van der Waals surface area contributed by atoms with Crippen molar-refractivity contribution in [3.8, 4) is 23.0 Å². The fourth-order valence-electron chi connectivity index (χ4n) is 3.61. The van der Waals surface area contributed by atoms with Gasteiger partial charge in [0.25, 0.3) is 0 Å². The van der Waals surface area contributed by atoms with Crippen LogP contribution in [0.2, 0.25) is 0 Å². The fraction of sp³-hybridized carbons (Fsp3) is 0.333. The summed E-state index contributed by atoms with van der Waals surface area (Å²) in [7, 11) is 1.64. The highest BCUT2D eigenvalue weighted by Gasteiger charge is 2.53. The van der Waals surface area contributed by atoms with Gasteiger partial charge in [-0.3, -0.25) is 0 Å². The lowest BCUT2D eigenvalue weighted by atomic mass is 9.84. The average molecular weight is 354 g/mol. The number of rotatable bonds is 3. The highest BCUT2D eigenvalue weighted by molar-refractivity contribution is 5.56. The van der Waals surface area contributed by atoms with Crippen molar-refractivity contribution in [3.05, 3.63) is 58.7 Å². The lowest BCUT2D eigenvalue weighted by Crippen LogP contribution is -2.41. The maximum absolute atomic E-state index is 11.3. The molecule has 2 aliphatic rings. The van der Waals surface area contributed by atoms with E-state index in [0.29, 0.717) is 17.1 Å². The zero-order valence-electron chi connectivity index (χ0n) is 15.1. The number of hydrogen-bond acceptors (Lipinski definition) is 5. The molecule has 26 heavy (non-hydrogen) atoms. The van der Waals surface area contributed by atoms with Crippen LogP contribution in [0.1, 0.15) is 36.6 Å². The molecule has 2 aromatic rings. The molecular weight excluding hydrogens is 332 g/mol. The van der Waals surface area contributed by atoms with Crippen LogP contribution in [0.25, 0.3) is 0 Å². The summed E-state index contributed by atoms with van der Waals surface area (Å²) < 4.78 is 17.4. The average Bonchev–Trinajstić information content (AvgIpc) is 2.91. The van der Waals surface area contributed by atoms with E-state index in [1.54, 1.807) is 19.2 Å². The molecule has 5 nitrogen and oxygen atoms in total. The first-order valence-corrected chi connectivity index (χ1v) is 8.62. The Bertz CT molecular complexity index is 898. The van der Waals surface area contributed by atoms with Crippen molar-refractivity contribution in [3.63, 3.8) is 0 Å². The van der Waals surface area contributed by atoms with E-state index in [2.05, 4.69) is 19.9 Å². The Morgan fingerprint density at radius 2 is 2.08 bits per heavy atom. The van der Waals surface area contributed by atoms with Gasteiger partial charge in [0.05, 0.1) is 7.11 Å². The van der Waals surface area contributed by atoms with Crippen molar-refractivity contribution in [2.45, 2.75) is 32.0 Å². The minimum Gasteiger partial charge on any atom is -0.508 e. The molecule has 136 valence electrons. The van der Waals surface area contributed by atoms with Crippen LogP contribution in [0, 0.1) is 0 Å². The molecular formula is C21H22O5. The fourth-order valence-corrected chi connectivity index (χ4v) is 3.61. The second kappa shape index (κ2) is 5.95. The van der Waals surface area contributed by atoms with E-state index < -0.39 is 11.7 Å². The second-order valence-electron chi connectivity index (χ2n) is 7.08. The van der Waals surface area contributed by atoms with Crippen LogP contribution >= 0.6 is 0 Å². The van der Waals surface area contributed by atoms with E-state index in [0.717, 1.165) is 23.3 Å². The molecule has 0 amide bonds. The largest absolute Gasteiger partial charge is 0.508 e. The Balaban J connectivity index is 1.80. The molecule has 0 saturated heterocycles. The predicted molar refractivity (Wildman–Crippen MR) is 97.0 cm³/mol. The summed E-state index contributed by atoms with van der Waals surface area (Å²) in [5.41, 5.74) is 2.36. The molecule has 0 unspecified atom stereocenters. The molecule has 4 rings (SSSR count). The number of phenolic OH excluding ortho intramolecular Hbond substituents is 1. The van der Waals surface area contributed by atoms with Crippen molar-refractivity contribution in [1.29, 1.82) is 0 Å². The van der Waals surface area contributed by atoms with Crippen LogP contribution in [0.15, 0.2) is 42.0 Å². The Kier molecular flexibility index (Phi) is 3.84. The van der Waals surface area contributed by atoms with Gasteiger partial charge >= 0.3 is 0 Å². The molecule has 5 heteroatoms. The number of fused-ring (bicyclic) bond motifs is 5. The molecule has 2 N–H and O–H groups in total. The van der Waals surface area contributed by atoms with Crippen LogP contribution < -0.4 is 14.2 Å². The van der Waals surface area contributed by atoms with Gasteiger partial charge in [0.15, 0.2) is 11.7 Å². The van der Waals surface area contributed by atoms with Crippen molar-refractivity contribution >= 4 is 0 Å². The molecule has 2 aromatic carbocycles. The van der Waals surface area contributed by atoms with Gasteiger partial charge in [0.2, 0.25) is 0 Å². The molecule has 0 fully saturated rings. The molecule has 0 radical (unpaired) electrons. The highest BCUT2D eigenvalue weighted by atomic mass is 16.5. The maximum atomic E-state index is 11.3. The van der Waals surface area contributed by atoms with Crippen LogP contribution in [-0.2, 0) is 12.0 Å². The van der Waals surface area contributed by atoms with Crippen molar-refractivity contribution in [2.75, 3.05) is 13.7 Å². The quantitative estimate of drug-likeness (QED) is 0.824. The van der Waals surface area contributed by atoms with Crippen molar-refractivity contribution < 1.29 is 24.4 Å². The lowest BCUT2D eigenvalue weighted by molar-refractivity contribution is -0.0864. The van der Waals surface area contributed by atoms with Gasteiger partial charge in [0.1, 0.15) is 29.6 Å². The monoisotopic (exact) mass is 354 g/mol.